The van der Waals surface area contributed by atoms with Crippen LogP contribution in [0.4, 0.5) is 11.6 Å². The van der Waals surface area contributed by atoms with Crippen LogP contribution in [0.1, 0.15) is 11.3 Å². The maximum absolute atomic E-state index is 4.45. The summed E-state index contributed by atoms with van der Waals surface area (Å²) in [6, 6.07) is 6.24. The van der Waals surface area contributed by atoms with Crippen molar-refractivity contribution in [1.29, 1.82) is 0 Å². The molecule has 0 saturated heterocycles. The van der Waals surface area contributed by atoms with Gasteiger partial charge in [-0.15, -0.1) is 0 Å². The highest BCUT2D eigenvalue weighted by Gasteiger charge is 2.23. The minimum absolute atomic E-state index is 0.991. The number of aryl methyl sites for hydroxylation is 2. The monoisotopic (exact) mass is 214 g/mol. The first-order valence-electron chi connectivity index (χ1n) is 5.48. The first-order valence-corrected chi connectivity index (χ1v) is 5.48. The van der Waals surface area contributed by atoms with Crippen molar-refractivity contribution in [3.05, 3.63) is 35.7 Å². The van der Waals surface area contributed by atoms with E-state index in [4.69, 9.17) is 0 Å². The lowest BCUT2D eigenvalue weighted by molar-refractivity contribution is 0.741. The molecule has 82 valence electrons. The minimum Gasteiger partial charge on any atom is -0.311 e. The molecule has 0 radical (unpaired) electrons. The topological polar surface area (TPSA) is 34.0 Å². The summed E-state index contributed by atoms with van der Waals surface area (Å²) < 4.78 is 1.92. The van der Waals surface area contributed by atoms with E-state index in [9.17, 15) is 0 Å². The second-order valence-electron chi connectivity index (χ2n) is 4.16. The molecule has 0 fully saturated rings. The predicted octanol–water partition coefficient (Wildman–Crippen LogP) is 1.82. The maximum atomic E-state index is 4.45. The third-order valence-electron chi connectivity index (χ3n) is 2.98. The SMILES string of the molecule is Cc1cc(N2CCc3cccnc32)n(C)n1. The maximum Gasteiger partial charge on any atom is 0.137 e. The summed E-state index contributed by atoms with van der Waals surface area (Å²) in [5.41, 5.74) is 2.36. The van der Waals surface area contributed by atoms with Gasteiger partial charge in [-0.3, -0.25) is 4.68 Å². The highest BCUT2D eigenvalue weighted by atomic mass is 15.4. The third kappa shape index (κ3) is 1.30. The fourth-order valence-electron chi connectivity index (χ4n) is 2.28. The van der Waals surface area contributed by atoms with Crippen LogP contribution >= 0.6 is 0 Å². The van der Waals surface area contributed by atoms with E-state index >= 15 is 0 Å². The molecule has 1 aliphatic heterocycles. The Labute approximate surface area is 94.5 Å². The number of nitrogens with zero attached hydrogens (tertiary/aromatic N) is 4. The van der Waals surface area contributed by atoms with Crippen LogP contribution in [0.15, 0.2) is 24.4 Å². The van der Waals surface area contributed by atoms with Gasteiger partial charge in [-0.25, -0.2) is 4.98 Å². The standard InChI is InChI=1S/C12H14N4/c1-9-8-11(15(2)14-9)16-7-5-10-4-3-6-13-12(10)16/h3-4,6,8H,5,7H2,1-2H3. The number of hydrogen-bond donors (Lipinski definition) is 0. The number of hydrogen-bond acceptors (Lipinski definition) is 3. The van der Waals surface area contributed by atoms with Crippen molar-refractivity contribution in [3.63, 3.8) is 0 Å². The molecule has 0 spiro atoms. The Morgan fingerprint density at radius 2 is 2.25 bits per heavy atom. The van der Waals surface area contributed by atoms with E-state index in [2.05, 4.69) is 27.1 Å². The molecule has 1 aliphatic rings. The van der Waals surface area contributed by atoms with Crippen LogP contribution in [0.5, 0.6) is 0 Å². The lowest BCUT2D eigenvalue weighted by atomic mass is 10.2. The van der Waals surface area contributed by atoms with Gasteiger partial charge in [0.25, 0.3) is 0 Å². The van der Waals surface area contributed by atoms with E-state index in [1.807, 2.05) is 30.9 Å². The van der Waals surface area contributed by atoms with Crippen LogP contribution in [0.3, 0.4) is 0 Å². The molecular weight excluding hydrogens is 200 g/mol. The van der Waals surface area contributed by atoms with Gasteiger partial charge in [-0.05, 0) is 25.0 Å². The molecule has 0 aliphatic carbocycles. The molecule has 4 heteroatoms. The normalized spacial score (nSPS) is 14.2. The van der Waals surface area contributed by atoms with Crippen molar-refractivity contribution in [2.45, 2.75) is 13.3 Å². The van der Waals surface area contributed by atoms with Crippen LogP contribution in [0.25, 0.3) is 0 Å². The Kier molecular flexibility index (Phi) is 1.96. The summed E-state index contributed by atoms with van der Waals surface area (Å²) in [6.07, 6.45) is 2.91. The summed E-state index contributed by atoms with van der Waals surface area (Å²) in [5.74, 6) is 2.19. The summed E-state index contributed by atoms with van der Waals surface area (Å²) in [7, 11) is 1.98. The molecule has 3 rings (SSSR count). The van der Waals surface area contributed by atoms with E-state index in [0.29, 0.717) is 0 Å². The molecule has 0 aromatic carbocycles. The van der Waals surface area contributed by atoms with Gasteiger partial charge in [0.1, 0.15) is 11.6 Å². The lowest BCUT2D eigenvalue weighted by Crippen LogP contribution is -2.17. The molecule has 16 heavy (non-hydrogen) atoms. The number of rotatable bonds is 1. The Bertz CT molecular complexity index is 530. The quantitative estimate of drug-likeness (QED) is 0.726. The van der Waals surface area contributed by atoms with Crippen molar-refractivity contribution in [2.24, 2.45) is 7.05 Å². The summed E-state index contributed by atoms with van der Waals surface area (Å²) >= 11 is 0. The van der Waals surface area contributed by atoms with E-state index in [1.54, 1.807) is 0 Å². The van der Waals surface area contributed by atoms with Gasteiger partial charge in [0.05, 0.1) is 5.69 Å². The van der Waals surface area contributed by atoms with E-state index in [-0.39, 0.29) is 0 Å². The Balaban J connectivity index is 2.08. The average molecular weight is 214 g/mol. The minimum atomic E-state index is 0.991. The largest absolute Gasteiger partial charge is 0.311 e. The van der Waals surface area contributed by atoms with Crippen LogP contribution in [0.2, 0.25) is 0 Å². The predicted molar refractivity (Wildman–Crippen MR) is 62.9 cm³/mol. The molecule has 0 bridgehead atoms. The highest BCUT2D eigenvalue weighted by Crippen LogP contribution is 2.32. The molecular formula is C12H14N4. The Hall–Kier alpha value is -1.84. The molecule has 0 atom stereocenters. The van der Waals surface area contributed by atoms with Gasteiger partial charge in [-0.1, -0.05) is 6.07 Å². The van der Waals surface area contributed by atoms with Gasteiger partial charge in [-0.2, -0.15) is 5.10 Å². The van der Waals surface area contributed by atoms with E-state index in [0.717, 1.165) is 30.3 Å². The summed E-state index contributed by atoms with van der Waals surface area (Å²) in [6.45, 7) is 3.00. The number of anilines is 2. The first-order chi connectivity index (χ1) is 7.75. The van der Waals surface area contributed by atoms with Crippen molar-refractivity contribution in [2.75, 3.05) is 11.4 Å². The number of pyridine rings is 1. The van der Waals surface area contributed by atoms with Crippen LogP contribution in [0, 0.1) is 6.92 Å². The zero-order chi connectivity index (χ0) is 11.1. The molecule has 0 saturated carbocycles. The molecule has 4 nitrogen and oxygen atoms in total. The first kappa shape index (κ1) is 9.39. The van der Waals surface area contributed by atoms with Crippen LogP contribution in [-0.2, 0) is 13.5 Å². The molecule has 0 unspecified atom stereocenters. The van der Waals surface area contributed by atoms with Crippen LogP contribution in [-0.4, -0.2) is 21.3 Å². The third-order valence-corrected chi connectivity index (χ3v) is 2.98. The van der Waals surface area contributed by atoms with Crippen molar-refractivity contribution in [1.82, 2.24) is 14.8 Å². The zero-order valence-electron chi connectivity index (χ0n) is 9.51. The lowest BCUT2D eigenvalue weighted by Gasteiger charge is -2.17. The molecule has 3 heterocycles. The van der Waals surface area contributed by atoms with Gasteiger partial charge < -0.3 is 4.90 Å². The Morgan fingerprint density at radius 3 is 3.00 bits per heavy atom. The summed E-state index contributed by atoms with van der Waals surface area (Å²) in [5, 5.41) is 4.38. The van der Waals surface area contributed by atoms with Gasteiger partial charge in [0.2, 0.25) is 0 Å². The van der Waals surface area contributed by atoms with Gasteiger partial charge >= 0.3 is 0 Å². The molecule has 0 amide bonds. The number of aromatic nitrogens is 3. The molecule has 2 aromatic heterocycles. The van der Waals surface area contributed by atoms with Gasteiger partial charge in [0, 0.05) is 25.9 Å². The summed E-state index contributed by atoms with van der Waals surface area (Å²) in [4.78, 5) is 6.68. The fourth-order valence-corrected chi connectivity index (χ4v) is 2.28. The van der Waals surface area contributed by atoms with Crippen molar-refractivity contribution in [3.8, 4) is 0 Å². The smallest absolute Gasteiger partial charge is 0.137 e. The second kappa shape index (κ2) is 3.33. The van der Waals surface area contributed by atoms with Crippen molar-refractivity contribution < 1.29 is 0 Å². The van der Waals surface area contributed by atoms with Gasteiger partial charge in [0.15, 0.2) is 0 Å². The average Bonchev–Trinajstić information content (AvgIpc) is 2.81. The van der Waals surface area contributed by atoms with E-state index in [1.165, 1.54) is 5.56 Å². The zero-order valence-corrected chi connectivity index (χ0v) is 9.51. The molecule has 0 N–H and O–H groups in total. The van der Waals surface area contributed by atoms with Crippen LogP contribution < -0.4 is 4.90 Å². The van der Waals surface area contributed by atoms with E-state index < -0.39 is 0 Å². The highest BCUT2D eigenvalue weighted by molar-refractivity contribution is 5.63. The second-order valence-corrected chi connectivity index (χ2v) is 4.16. The fraction of sp³-hybridized carbons (Fsp3) is 0.333. The van der Waals surface area contributed by atoms with Crippen molar-refractivity contribution >= 4 is 11.6 Å². The Morgan fingerprint density at radius 1 is 1.38 bits per heavy atom. The number of fused-ring (bicyclic) bond motifs is 1. The molecule has 2 aromatic rings.